The molecule has 0 aromatic heterocycles. The van der Waals surface area contributed by atoms with Crippen LogP contribution in [0.1, 0.15) is 20.3 Å². The summed E-state index contributed by atoms with van der Waals surface area (Å²) in [5, 5.41) is 1.56. The Labute approximate surface area is 76.3 Å². The third-order valence-electron chi connectivity index (χ3n) is 2.15. The Morgan fingerprint density at radius 2 is 1.64 bits per heavy atom. The van der Waals surface area contributed by atoms with E-state index < -0.39 is 14.3 Å². The monoisotopic (exact) mass is 219 g/mol. The second-order valence-electron chi connectivity index (χ2n) is 3.56. The van der Waals surface area contributed by atoms with E-state index in [0.717, 1.165) is 0 Å². The van der Waals surface area contributed by atoms with Gasteiger partial charge in [0.1, 0.15) is 0 Å². The quantitative estimate of drug-likeness (QED) is 0.617. The molecule has 0 bridgehead atoms. The van der Waals surface area contributed by atoms with Gasteiger partial charge >= 0.3 is 75.9 Å². The molecular formula is C9H23GeN. The van der Waals surface area contributed by atoms with E-state index >= 15 is 0 Å². The van der Waals surface area contributed by atoms with Gasteiger partial charge in [-0.25, -0.2) is 0 Å². The maximum absolute atomic E-state index is 2.52. The summed E-state index contributed by atoms with van der Waals surface area (Å²) < 4.78 is 0. The van der Waals surface area contributed by atoms with Gasteiger partial charge in [-0.1, -0.05) is 0 Å². The fourth-order valence-corrected chi connectivity index (χ4v) is 3.36. The fourth-order valence-electron chi connectivity index (χ4n) is 1.26. The van der Waals surface area contributed by atoms with E-state index in [0.29, 0.717) is 0 Å². The van der Waals surface area contributed by atoms with Gasteiger partial charge in [0.15, 0.2) is 0 Å². The first-order valence-corrected chi connectivity index (χ1v) is 11.5. The standard InChI is InChI=1S/C9H23GeN/c1-5-11(6-2)9-7-8-10(3)4/h10H,5-9H2,1-4H3. The Bertz CT molecular complexity index is 79.6. The van der Waals surface area contributed by atoms with E-state index in [1.54, 1.807) is 5.25 Å². The summed E-state index contributed by atoms with van der Waals surface area (Å²) in [6.45, 7) is 8.28. The first kappa shape index (κ1) is 11.5. The predicted octanol–water partition coefficient (Wildman–Crippen LogP) is 2.21. The number of rotatable bonds is 6. The second kappa shape index (κ2) is 7.17. The summed E-state index contributed by atoms with van der Waals surface area (Å²) in [4.78, 5) is 2.52. The zero-order valence-corrected chi connectivity index (χ0v) is 11.0. The molecular weight excluding hydrogens is 195 g/mol. The Hall–Kier alpha value is 0.503. The van der Waals surface area contributed by atoms with Crippen LogP contribution in [-0.2, 0) is 0 Å². The molecule has 0 aliphatic rings. The molecule has 0 spiro atoms. The average Bonchev–Trinajstić information content (AvgIpc) is 1.98. The minimum atomic E-state index is -0.679. The molecule has 0 aliphatic heterocycles. The minimum absolute atomic E-state index is 0.679. The summed E-state index contributed by atoms with van der Waals surface area (Å²) in [6, 6.07) is 0. The molecule has 0 aliphatic carbocycles. The zero-order chi connectivity index (χ0) is 8.69. The van der Waals surface area contributed by atoms with E-state index in [2.05, 4.69) is 30.3 Å². The average molecular weight is 218 g/mol. The molecule has 0 radical (unpaired) electrons. The van der Waals surface area contributed by atoms with Crippen LogP contribution in [0.3, 0.4) is 0 Å². The third kappa shape index (κ3) is 6.88. The Kier molecular flexibility index (Phi) is 7.50. The zero-order valence-electron chi connectivity index (χ0n) is 8.56. The van der Waals surface area contributed by atoms with Crippen molar-refractivity contribution in [2.75, 3.05) is 19.6 Å². The molecule has 0 atom stereocenters. The first-order chi connectivity index (χ1) is 5.20. The van der Waals surface area contributed by atoms with Gasteiger partial charge in [0.25, 0.3) is 0 Å². The molecule has 0 aromatic carbocycles. The molecule has 0 heterocycles. The molecule has 0 amide bonds. The summed E-state index contributed by atoms with van der Waals surface area (Å²) in [7, 11) is 0. The molecule has 0 fully saturated rings. The summed E-state index contributed by atoms with van der Waals surface area (Å²) in [6.07, 6.45) is 1.44. The molecule has 0 saturated heterocycles. The van der Waals surface area contributed by atoms with Gasteiger partial charge in [0.05, 0.1) is 0 Å². The van der Waals surface area contributed by atoms with Gasteiger partial charge in [0.2, 0.25) is 0 Å². The third-order valence-corrected chi connectivity index (χ3v) is 5.43. The molecule has 0 saturated carbocycles. The Morgan fingerprint density at radius 3 is 2.00 bits per heavy atom. The van der Waals surface area contributed by atoms with Gasteiger partial charge < -0.3 is 0 Å². The Balaban J connectivity index is 3.21. The van der Waals surface area contributed by atoms with E-state index in [4.69, 9.17) is 0 Å². The molecule has 0 N–H and O–H groups in total. The molecule has 1 nitrogen and oxygen atoms in total. The predicted molar refractivity (Wildman–Crippen MR) is 56.1 cm³/mol. The van der Waals surface area contributed by atoms with Crippen LogP contribution in [-0.4, -0.2) is 38.9 Å². The number of nitrogens with zero attached hydrogens (tertiary/aromatic N) is 1. The Morgan fingerprint density at radius 1 is 1.09 bits per heavy atom. The van der Waals surface area contributed by atoms with Gasteiger partial charge in [-0.2, -0.15) is 0 Å². The van der Waals surface area contributed by atoms with Crippen LogP contribution in [0, 0.1) is 0 Å². The van der Waals surface area contributed by atoms with Gasteiger partial charge in [0, 0.05) is 0 Å². The van der Waals surface area contributed by atoms with Crippen LogP contribution < -0.4 is 0 Å². The van der Waals surface area contributed by atoms with Crippen molar-refractivity contribution in [3.05, 3.63) is 0 Å². The van der Waals surface area contributed by atoms with Crippen LogP contribution >= 0.6 is 0 Å². The second-order valence-corrected chi connectivity index (χ2v) is 10.6. The first-order valence-electron chi connectivity index (χ1n) is 4.93. The number of hydrogen-bond donors (Lipinski definition) is 0. The molecule has 2 heteroatoms. The molecule has 11 heavy (non-hydrogen) atoms. The SMILES string of the molecule is CCN(CC)CC[CH2][GeH]([CH3])[CH3]. The van der Waals surface area contributed by atoms with Crippen molar-refractivity contribution in [3.8, 4) is 0 Å². The van der Waals surface area contributed by atoms with Crippen LogP contribution in [0.25, 0.3) is 0 Å². The van der Waals surface area contributed by atoms with E-state index in [1.807, 2.05) is 0 Å². The molecule has 68 valence electrons. The topological polar surface area (TPSA) is 3.24 Å². The molecule has 0 unspecified atom stereocenters. The fraction of sp³-hybridized carbons (Fsp3) is 1.00. The van der Waals surface area contributed by atoms with Crippen molar-refractivity contribution in [2.45, 2.75) is 37.0 Å². The van der Waals surface area contributed by atoms with Crippen LogP contribution in [0.4, 0.5) is 0 Å². The summed E-state index contributed by atoms with van der Waals surface area (Å²) in [5.74, 6) is 4.96. The molecule has 0 aromatic rings. The molecule has 0 rings (SSSR count). The van der Waals surface area contributed by atoms with Crippen molar-refractivity contribution in [1.82, 2.24) is 4.90 Å². The van der Waals surface area contributed by atoms with Crippen molar-refractivity contribution in [2.24, 2.45) is 0 Å². The van der Waals surface area contributed by atoms with E-state index in [9.17, 15) is 0 Å². The van der Waals surface area contributed by atoms with Gasteiger partial charge in [-0.3, -0.25) is 0 Å². The van der Waals surface area contributed by atoms with E-state index in [-0.39, 0.29) is 0 Å². The van der Waals surface area contributed by atoms with Crippen LogP contribution in [0.5, 0.6) is 0 Å². The summed E-state index contributed by atoms with van der Waals surface area (Å²) >= 11 is -0.679. The van der Waals surface area contributed by atoms with Crippen LogP contribution in [0.2, 0.25) is 16.8 Å². The van der Waals surface area contributed by atoms with Crippen molar-refractivity contribution in [1.29, 1.82) is 0 Å². The van der Waals surface area contributed by atoms with Crippen molar-refractivity contribution >= 4 is 14.3 Å². The maximum atomic E-state index is 2.52. The van der Waals surface area contributed by atoms with Crippen molar-refractivity contribution < 1.29 is 0 Å². The van der Waals surface area contributed by atoms with E-state index in [1.165, 1.54) is 26.1 Å². The van der Waals surface area contributed by atoms with Gasteiger partial charge in [-0.15, -0.1) is 0 Å². The normalized spacial score (nSPS) is 11.5. The summed E-state index contributed by atoms with van der Waals surface area (Å²) in [5.41, 5.74) is 0. The number of hydrogen-bond acceptors (Lipinski definition) is 1. The van der Waals surface area contributed by atoms with Crippen molar-refractivity contribution in [3.63, 3.8) is 0 Å². The van der Waals surface area contributed by atoms with Crippen LogP contribution in [0.15, 0.2) is 0 Å². The van der Waals surface area contributed by atoms with Gasteiger partial charge in [-0.05, 0) is 0 Å².